The Kier molecular flexibility index (Phi) is 3.61. The minimum Gasteiger partial charge on any atom is -0.246 e. The van der Waals surface area contributed by atoms with Crippen molar-refractivity contribution in [2.24, 2.45) is 0 Å². The molecule has 3 aromatic rings. The van der Waals surface area contributed by atoms with Gasteiger partial charge in [-0.3, -0.25) is 0 Å². The second kappa shape index (κ2) is 5.23. The molecule has 0 bridgehead atoms. The first-order chi connectivity index (χ1) is 9.15. The number of halogens is 3. The SMILES string of the molecule is Clc1cc(-c2ccccc2)nc2c(Br)cc(Br)cc12. The molecule has 0 unspecified atom stereocenters. The van der Waals surface area contributed by atoms with Crippen molar-refractivity contribution in [3.63, 3.8) is 0 Å². The minimum absolute atomic E-state index is 0.700. The van der Waals surface area contributed by atoms with E-state index in [-0.39, 0.29) is 0 Å². The Morgan fingerprint density at radius 3 is 2.42 bits per heavy atom. The summed E-state index contributed by atoms with van der Waals surface area (Å²) in [6.07, 6.45) is 0. The van der Waals surface area contributed by atoms with Crippen LogP contribution in [0.2, 0.25) is 5.02 Å². The van der Waals surface area contributed by atoms with Gasteiger partial charge in [0.1, 0.15) is 0 Å². The van der Waals surface area contributed by atoms with E-state index in [4.69, 9.17) is 16.6 Å². The standard InChI is InChI=1S/C15H8Br2ClN/c16-10-6-11-13(18)8-14(9-4-2-1-3-5-9)19-15(11)12(17)7-10/h1-8H. The fourth-order valence-electron chi connectivity index (χ4n) is 1.97. The Morgan fingerprint density at radius 2 is 1.68 bits per heavy atom. The maximum absolute atomic E-state index is 6.37. The van der Waals surface area contributed by atoms with Gasteiger partial charge in [-0.05, 0) is 34.1 Å². The van der Waals surface area contributed by atoms with E-state index in [1.54, 1.807) is 0 Å². The van der Waals surface area contributed by atoms with Gasteiger partial charge in [0.25, 0.3) is 0 Å². The molecule has 1 heterocycles. The van der Waals surface area contributed by atoms with Crippen LogP contribution in [0.5, 0.6) is 0 Å². The Hall–Kier alpha value is -0.900. The molecule has 0 amide bonds. The number of benzene rings is 2. The maximum Gasteiger partial charge on any atom is 0.0867 e. The van der Waals surface area contributed by atoms with Crippen LogP contribution in [-0.4, -0.2) is 4.98 Å². The van der Waals surface area contributed by atoms with Gasteiger partial charge in [0.15, 0.2) is 0 Å². The monoisotopic (exact) mass is 395 g/mol. The molecule has 94 valence electrons. The van der Waals surface area contributed by atoms with Gasteiger partial charge in [0.2, 0.25) is 0 Å². The van der Waals surface area contributed by atoms with Crippen LogP contribution >= 0.6 is 43.5 Å². The summed E-state index contributed by atoms with van der Waals surface area (Å²) < 4.78 is 1.90. The first-order valence-corrected chi connectivity index (χ1v) is 7.62. The second-order valence-corrected chi connectivity index (χ2v) is 6.32. The summed E-state index contributed by atoms with van der Waals surface area (Å²) in [5.41, 5.74) is 2.80. The third kappa shape index (κ3) is 2.55. The predicted molar refractivity (Wildman–Crippen MR) is 87.6 cm³/mol. The van der Waals surface area contributed by atoms with Gasteiger partial charge in [-0.25, -0.2) is 4.98 Å². The van der Waals surface area contributed by atoms with Crippen LogP contribution < -0.4 is 0 Å². The van der Waals surface area contributed by atoms with Crippen molar-refractivity contribution in [3.05, 3.63) is 62.5 Å². The van der Waals surface area contributed by atoms with Crippen LogP contribution in [0.1, 0.15) is 0 Å². The molecule has 0 spiro atoms. The average molecular weight is 397 g/mol. The van der Waals surface area contributed by atoms with Crippen LogP contribution in [0.4, 0.5) is 0 Å². The highest BCUT2D eigenvalue weighted by molar-refractivity contribution is 9.11. The Labute approximate surface area is 132 Å². The largest absolute Gasteiger partial charge is 0.246 e. The molecule has 0 atom stereocenters. The molecule has 0 saturated carbocycles. The molecule has 0 saturated heterocycles. The summed E-state index contributed by atoms with van der Waals surface area (Å²) in [6.45, 7) is 0. The number of fused-ring (bicyclic) bond motifs is 1. The van der Waals surface area contributed by atoms with Crippen molar-refractivity contribution in [2.75, 3.05) is 0 Å². The van der Waals surface area contributed by atoms with Gasteiger partial charge in [-0.2, -0.15) is 0 Å². The minimum atomic E-state index is 0.700. The number of hydrogen-bond acceptors (Lipinski definition) is 1. The van der Waals surface area contributed by atoms with Crippen molar-refractivity contribution in [1.29, 1.82) is 0 Å². The fourth-order valence-corrected chi connectivity index (χ4v) is 3.53. The Morgan fingerprint density at radius 1 is 0.947 bits per heavy atom. The lowest BCUT2D eigenvalue weighted by molar-refractivity contribution is 1.39. The van der Waals surface area contributed by atoms with Gasteiger partial charge >= 0.3 is 0 Å². The number of rotatable bonds is 1. The molecule has 1 aromatic heterocycles. The number of nitrogens with zero attached hydrogens (tertiary/aromatic N) is 1. The highest BCUT2D eigenvalue weighted by Gasteiger charge is 2.09. The van der Waals surface area contributed by atoms with E-state index in [0.717, 1.165) is 31.1 Å². The van der Waals surface area contributed by atoms with Crippen LogP contribution in [0.25, 0.3) is 22.2 Å². The topological polar surface area (TPSA) is 12.9 Å². The van der Waals surface area contributed by atoms with Crippen molar-refractivity contribution in [3.8, 4) is 11.3 Å². The van der Waals surface area contributed by atoms with E-state index in [0.29, 0.717) is 5.02 Å². The van der Waals surface area contributed by atoms with Crippen LogP contribution in [0.15, 0.2) is 57.5 Å². The molecule has 1 nitrogen and oxygen atoms in total. The molecule has 19 heavy (non-hydrogen) atoms. The number of pyridine rings is 1. The summed E-state index contributed by atoms with van der Waals surface area (Å²) in [4.78, 5) is 4.69. The smallest absolute Gasteiger partial charge is 0.0867 e. The summed E-state index contributed by atoms with van der Waals surface area (Å²) in [7, 11) is 0. The highest BCUT2D eigenvalue weighted by atomic mass is 79.9. The average Bonchev–Trinajstić information content (AvgIpc) is 2.41. The Balaban J connectivity index is 2.31. The van der Waals surface area contributed by atoms with Gasteiger partial charge in [0.05, 0.1) is 16.2 Å². The molecule has 0 aliphatic carbocycles. The lowest BCUT2D eigenvalue weighted by atomic mass is 10.1. The first kappa shape index (κ1) is 13.1. The lowest BCUT2D eigenvalue weighted by Crippen LogP contribution is -1.88. The van der Waals surface area contributed by atoms with Gasteiger partial charge < -0.3 is 0 Å². The molecule has 0 aliphatic heterocycles. The summed E-state index contributed by atoms with van der Waals surface area (Å²) in [5, 5.41) is 1.63. The molecule has 2 aromatic carbocycles. The van der Waals surface area contributed by atoms with E-state index < -0.39 is 0 Å². The molecule has 3 rings (SSSR count). The van der Waals surface area contributed by atoms with E-state index in [1.165, 1.54) is 0 Å². The van der Waals surface area contributed by atoms with Crippen molar-refractivity contribution < 1.29 is 0 Å². The molecular formula is C15H8Br2ClN. The summed E-state index contributed by atoms with van der Waals surface area (Å²) >= 11 is 13.4. The van der Waals surface area contributed by atoms with Crippen molar-refractivity contribution in [2.45, 2.75) is 0 Å². The highest BCUT2D eigenvalue weighted by Crippen LogP contribution is 2.34. The van der Waals surface area contributed by atoms with Crippen LogP contribution in [-0.2, 0) is 0 Å². The Bertz CT molecular complexity index is 757. The quantitative estimate of drug-likeness (QED) is 0.485. The van der Waals surface area contributed by atoms with Crippen molar-refractivity contribution in [1.82, 2.24) is 4.98 Å². The molecule has 0 N–H and O–H groups in total. The maximum atomic E-state index is 6.37. The molecule has 0 radical (unpaired) electrons. The lowest BCUT2D eigenvalue weighted by Gasteiger charge is -2.07. The van der Waals surface area contributed by atoms with E-state index in [2.05, 4.69) is 31.9 Å². The predicted octanol–water partition coefficient (Wildman–Crippen LogP) is 6.08. The first-order valence-electron chi connectivity index (χ1n) is 5.66. The molecular weight excluding hydrogens is 389 g/mol. The summed E-state index contributed by atoms with van der Waals surface area (Å²) in [6, 6.07) is 15.9. The molecule has 4 heteroatoms. The normalized spacial score (nSPS) is 10.9. The van der Waals surface area contributed by atoms with Crippen molar-refractivity contribution >= 4 is 54.4 Å². The van der Waals surface area contributed by atoms with Gasteiger partial charge in [-0.15, -0.1) is 0 Å². The van der Waals surface area contributed by atoms with E-state index in [1.807, 2.05) is 48.5 Å². The van der Waals surface area contributed by atoms with Gasteiger partial charge in [-0.1, -0.05) is 57.9 Å². The zero-order chi connectivity index (χ0) is 13.4. The molecule has 0 aliphatic rings. The third-order valence-electron chi connectivity index (χ3n) is 2.85. The number of aromatic nitrogens is 1. The summed E-state index contributed by atoms with van der Waals surface area (Å²) in [5.74, 6) is 0. The van der Waals surface area contributed by atoms with Crippen LogP contribution in [0.3, 0.4) is 0 Å². The fraction of sp³-hybridized carbons (Fsp3) is 0. The van der Waals surface area contributed by atoms with Crippen LogP contribution in [0, 0.1) is 0 Å². The third-order valence-corrected chi connectivity index (χ3v) is 4.23. The van der Waals surface area contributed by atoms with E-state index in [9.17, 15) is 0 Å². The number of hydrogen-bond donors (Lipinski definition) is 0. The zero-order valence-electron chi connectivity index (χ0n) is 9.70. The van der Waals surface area contributed by atoms with Gasteiger partial charge in [0, 0.05) is 19.9 Å². The second-order valence-electron chi connectivity index (χ2n) is 4.14. The van der Waals surface area contributed by atoms with E-state index >= 15 is 0 Å². The zero-order valence-corrected chi connectivity index (χ0v) is 13.6. The molecule has 0 fully saturated rings.